The summed E-state index contributed by atoms with van der Waals surface area (Å²) in [4.78, 5) is 12.0. The molecule has 1 heterocycles. The van der Waals surface area contributed by atoms with Gasteiger partial charge in [-0.05, 0) is 38.0 Å². The molecule has 92 valence electrons. The summed E-state index contributed by atoms with van der Waals surface area (Å²) in [5, 5.41) is 4.15. The van der Waals surface area contributed by atoms with Crippen LogP contribution in [0.3, 0.4) is 0 Å². The lowest BCUT2D eigenvalue weighted by Crippen LogP contribution is -2.45. The lowest BCUT2D eigenvalue weighted by atomic mass is 10.0. The first-order valence-electron chi connectivity index (χ1n) is 6.29. The average Bonchev–Trinajstić information content (AvgIpc) is 2.77. The van der Waals surface area contributed by atoms with Gasteiger partial charge in [0.1, 0.15) is 6.10 Å². The van der Waals surface area contributed by atoms with Crippen molar-refractivity contribution in [2.75, 3.05) is 11.9 Å². The van der Waals surface area contributed by atoms with Crippen LogP contribution < -0.4 is 5.32 Å². The van der Waals surface area contributed by atoms with Crippen LogP contribution in [0.4, 0.5) is 0 Å². The summed E-state index contributed by atoms with van der Waals surface area (Å²) in [5.41, 5.74) is 0. The second-order valence-electron chi connectivity index (χ2n) is 4.82. The lowest BCUT2D eigenvalue weighted by Gasteiger charge is -2.25. The normalized spacial score (nSPS) is 34.9. The minimum absolute atomic E-state index is 0.109. The van der Waals surface area contributed by atoms with E-state index in [0.29, 0.717) is 12.0 Å². The first kappa shape index (κ1) is 12.4. The van der Waals surface area contributed by atoms with Gasteiger partial charge in [-0.1, -0.05) is 22.4 Å². The summed E-state index contributed by atoms with van der Waals surface area (Å²) in [7, 11) is 0. The number of hydrogen-bond acceptors (Lipinski definition) is 2. The minimum Gasteiger partial charge on any atom is -0.368 e. The van der Waals surface area contributed by atoms with Crippen molar-refractivity contribution in [2.45, 2.75) is 50.7 Å². The summed E-state index contributed by atoms with van der Waals surface area (Å²) in [6, 6.07) is 0.359. The van der Waals surface area contributed by atoms with Gasteiger partial charge in [0, 0.05) is 18.0 Å². The Balaban J connectivity index is 1.81. The van der Waals surface area contributed by atoms with Crippen LogP contribution in [0.25, 0.3) is 0 Å². The van der Waals surface area contributed by atoms with Crippen LogP contribution in [0.5, 0.6) is 0 Å². The lowest BCUT2D eigenvalue weighted by molar-refractivity contribution is -0.136. The molecule has 1 amide bonds. The standard InChI is InChI=1S/C12H20BrNO2/c13-8-9-4-3-5-10(9)14-12(15)11-6-1-2-7-16-11/h9-11H,1-8H2,(H,14,15). The van der Waals surface area contributed by atoms with Crippen LogP contribution in [0.15, 0.2) is 0 Å². The fraction of sp³-hybridized carbons (Fsp3) is 0.917. The Hall–Kier alpha value is -0.0900. The average molecular weight is 290 g/mol. The largest absolute Gasteiger partial charge is 0.368 e. The topological polar surface area (TPSA) is 38.3 Å². The smallest absolute Gasteiger partial charge is 0.249 e. The van der Waals surface area contributed by atoms with Gasteiger partial charge in [0.2, 0.25) is 5.91 Å². The van der Waals surface area contributed by atoms with Crippen molar-refractivity contribution in [3.63, 3.8) is 0 Å². The number of halogens is 1. The van der Waals surface area contributed by atoms with E-state index in [9.17, 15) is 4.79 Å². The van der Waals surface area contributed by atoms with E-state index in [4.69, 9.17) is 4.74 Å². The zero-order chi connectivity index (χ0) is 11.4. The first-order valence-corrected chi connectivity index (χ1v) is 7.41. The third kappa shape index (κ3) is 2.98. The van der Waals surface area contributed by atoms with Gasteiger partial charge in [-0.25, -0.2) is 0 Å². The molecule has 1 aliphatic heterocycles. The highest BCUT2D eigenvalue weighted by Gasteiger charge is 2.30. The number of carbonyl (C=O) groups excluding carboxylic acids is 1. The van der Waals surface area contributed by atoms with Crippen LogP contribution in [0, 0.1) is 5.92 Å². The predicted molar refractivity (Wildman–Crippen MR) is 66.7 cm³/mol. The van der Waals surface area contributed by atoms with Gasteiger partial charge in [-0.2, -0.15) is 0 Å². The SMILES string of the molecule is O=C(NC1CCCC1CBr)C1CCCCO1. The molecule has 3 atom stereocenters. The predicted octanol–water partition coefficient (Wildman–Crippen LogP) is 2.24. The van der Waals surface area contributed by atoms with Crippen molar-refractivity contribution >= 4 is 21.8 Å². The molecule has 2 fully saturated rings. The summed E-state index contributed by atoms with van der Waals surface area (Å²) < 4.78 is 5.50. The van der Waals surface area contributed by atoms with Gasteiger partial charge in [-0.15, -0.1) is 0 Å². The molecule has 0 aromatic heterocycles. The van der Waals surface area contributed by atoms with Crippen molar-refractivity contribution in [1.29, 1.82) is 0 Å². The Morgan fingerprint density at radius 3 is 2.81 bits per heavy atom. The highest BCUT2D eigenvalue weighted by molar-refractivity contribution is 9.09. The van der Waals surface area contributed by atoms with Gasteiger partial charge in [0.15, 0.2) is 0 Å². The maximum absolute atomic E-state index is 12.0. The molecule has 0 radical (unpaired) electrons. The van der Waals surface area contributed by atoms with Crippen LogP contribution >= 0.6 is 15.9 Å². The van der Waals surface area contributed by atoms with E-state index in [0.717, 1.165) is 37.6 Å². The van der Waals surface area contributed by atoms with E-state index < -0.39 is 0 Å². The highest BCUT2D eigenvalue weighted by Crippen LogP contribution is 2.27. The number of alkyl halides is 1. The molecule has 16 heavy (non-hydrogen) atoms. The summed E-state index contributed by atoms with van der Waals surface area (Å²) in [5.74, 6) is 0.713. The molecule has 2 rings (SSSR count). The van der Waals surface area contributed by atoms with E-state index in [1.54, 1.807) is 0 Å². The number of amides is 1. The van der Waals surface area contributed by atoms with Crippen LogP contribution in [0.2, 0.25) is 0 Å². The van der Waals surface area contributed by atoms with E-state index in [-0.39, 0.29) is 12.0 Å². The van der Waals surface area contributed by atoms with E-state index >= 15 is 0 Å². The van der Waals surface area contributed by atoms with Crippen molar-refractivity contribution in [3.8, 4) is 0 Å². The molecule has 0 aromatic rings. The van der Waals surface area contributed by atoms with Crippen LogP contribution in [0.1, 0.15) is 38.5 Å². The van der Waals surface area contributed by atoms with E-state index in [1.165, 1.54) is 12.8 Å². The fourth-order valence-corrected chi connectivity index (χ4v) is 3.41. The van der Waals surface area contributed by atoms with Gasteiger partial charge in [-0.3, -0.25) is 4.79 Å². The molecule has 0 aromatic carbocycles. The Morgan fingerprint density at radius 1 is 1.25 bits per heavy atom. The summed E-state index contributed by atoms with van der Waals surface area (Å²) in [6.45, 7) is 0.741. The van der Waals surface area contributed by atoms with Crippen molar-refractivity contribution in [1.82, 2.24) is 5.32 Å². The Labute approximate surface area is 105 Å². The molecule has 3 unspecified atom stereocenters. The third-order valence-electron chi connectivity index (χ3n) is 3.66. The number of rotatable bonds is 3. The molecule has 1 N–H and O–H groups in total. The number of hydrogen-bond donors (Lipinski definition) is 1. The summed E-state index contributed by atoms with van der Waals surface area (Å²) >= 11 is 3.52. The third-order valence-corrected chi connectivity index (χ3v) is 4.49. The molecule has 2 aliphatic rings. The molecule has 1 saturated heterocycles. The molecule has 0 spiro atoms. The van der Waals surface area contributed by atoms with Crippen molar-refractivity contribution in [3.05, 3.63) is 0 Å². The second kappa shape index (κ2) is 6.01. The zero-order valence-electron chi connectivity index (χ0n) is 9.58. The summed E-state index contributed by atoms with van der Waals surface area (Å²) in [6.07, 6.45) is 6.48. The van der Waals surface area contributed by atoms with Gasteiger partial charge >= 0.3 is 0 Å². The first-order chi connectivity index (χ1) is 7.81. The molecular weight excluding hydrogens is 270 g/mol. The van der Waals surface area contributed by atoms with E-state index in [1.807, 2.05) is 0 Å². The molecule has 1 aliphatic carbocycles. The van der Waals surface area contributed by atoms with Crippen molar-refractivity contribution in [2.24, 2.45) is 5.92 Å². The molecule has 3 nitrogen and oxygen atoms in total. The van der Waals surface area contributed by atoms with Gasteiger partial charge in [0.05, 0.1) is 0 Å². The number of ether oxygens (including phenoxy) is 1. The highest BCUT2D eigenvalue weighted by atomic mass is 79.9. The minimum atomic E-state index is -0.190. The van der Waals surface area contributed by atoms with Crippen molar-refractivity contribution < 1.29 is 9.53 Å². The fourth-order valence-electron chi connectivity index (χ4n) is 2.63. The zero-order valence-corrected chi connectivity index (χ0v) is 11.2. The molecule has 4 heteroatoms. The molecule has 1 saturated carbocycles. The molecule has 0 bridgehead atoms. The van der Waals surface area contributed by atoms with Crippen LogP contribution in [-0.2, 0) is 9.53 Å². The Kier molecular flexibility index (Phi) is 4.65. The van der Waals surface area contributed by atoms with Gasteiger partial charge in [0.25, 0.3) is 0 Å². The Morgan fingerprint density at radius 2 is 2.12 bits per heavy atom. The quantitative estimate of drug-likeness (QED) is 0.810. The number of carbonyl (C=O) groups is 1. The second-order valence-corrected chi connectivity index (χ2v) is 5.46. The maximum atomic E-state index is 12.0. The molecular formula is C12H20BrNO2. The Bertz CT molecular complexity index is 241. The van der Waals surface area contributed by atoms with Gasteiger partial charge < -0.3 is 10.1 Å². The number of nitrogens with one attached hydrogen (secondary N) is 1. The van der Waals surface area contributed by atoms with Crippen LogP contribution in [-0.4, -0.2) is 30.0 Å². The monoisotopic (exact) mass is 289 g/mol. The van der Waals surface area contributed by atoms with E-state index in [2.05, 4.69) is 21.2 Å². The maximum Gasteiger partial charge on any atom is 0.249 e.